The average molecular weight is 213 g/mol. The van der Waals surface area contributed by atoms with Gasteiger partial charge in [0, 0.05) is 12.3 Å². The van der Waals surface area contributed by atoms with Crippen molar-refractivity contribution in [2.75, 3.05) is 31.9 Å². The first-order chi connectivity index (χ1) is 6.95. The largest absolute Gasteiger partial charge is 0.365 e. The van der Waals surface area contributed by atoms with Gasteiger partial charge in [-0.3, -0.25) is 4.99 Å². The fourth-order valence-electron chi connectivity index (χ4n) is 2.00. The number of nitrogens with one attached hydrogen (secondary N) is 2. The smallest absolute Gasteiger partial charge is 0.156 e. The molecule has 2 N–H and O–H groups in total. The van der Waals surface area contributed by atoms with Gasteiger partial charge in [-0.05, 0) is 38.3 Å². The minimum atomic E-state index is 0.927. The number of amidine groups is 1. The van der Waals surface area contributed by atoms with Crippen LogP contribution in [0.1, 0.15) is 19.3 Å². The first-order valence-corrected chi connectivity index (χ1v) is 6.55. The Balaban J connectivity index is 1.57. The van der Waals surface area contributed by atoms with Crippen molar-refractivity contribution in [1.82, 2.24) is 10.6 Å². The summed E-state index contributed by atoms with van der Waals surface area (Å²) in [7, 11) is 0. The summed E-state index contributed by atoms with van der Waals surface area (Å²) in [6, 6.07) is 0. The monoisotopic (exact) mass is 213 g/mol. The fourth-order valence-corrected chi connectivity index (χ4v) is 2.76. The molecule has 0 aromatic carbocycles. The lowest BCUT2D eigenvalue weighted by molar-refractivity contribution is 0.354. The molecule has 0 aliphatic carbocycles. The van der Waals surface area contributed by atoms with Crippen molar-refractivity contribution in [2.24, 2.45) is 10.9 Å². The fraction of sp³-hybridized carbons (Fsp3) is 0.900. The highest BCUT2D eigenvalue weighted by molar-refractivity contribution is 8.14. The Morgan fingerprint density at radius 2 is 2.29 bits per heavy atom. The van der Waals surface area contributed by atoms with E-state index in [0.29, 0.717) is 0 Å². The van der Waals surface area contributed by atoms with Crippen LogP contribution in [-0.4, -0.2) is 37.1 Å². The molecule has 14 heavy (non-hydrogen) atoms. The van der Waals surface area contributed by atoms with Crippen molar-refractivity contribution in [3.05, 3.63) is 0 Å². The Morgan fingerprint density at radius 3 is 3.00 bits per heavy atom. The zero-order valence-corrected chi connectivity index (χ0v) is 9.41. The van der Waals surface area contributed by atoms with E-state index < -0.39 is 0 Å². The summed E-state index contributed by atoms with van der Waals surface area (Å²) in [6.07, 6.45) is 4.00. The van der Waals surface area contributed by atoms with Crippen LogP contribution in [0, 0.1) is 5.92 Å². The van der Waals surface area contributed by atoms with Crippen molar-refractivity contribution in [1.29, 1.82) is 0 Å². The van der Waals surface area contributed by atoms with Crippen molar-refractivity contribution < 1.29 is 0 Å². The van der Waals surface area contributed by atoms with Crippen LogP contribution in [0.5, 0.6) is 0 Å². The van der Waals surface area contributed by atoms with Gasteiger partial charge in [0.15, 0.2) is 5.17 Å². The summed E-state index contributed by atoms with van der Waals surface area (Å²) < 4.78 is 0. The van der Waals surface area contributed by atoms with Gasteiger partial charge >= 0.3 is 0 Å². The third kappa shape index (κ3) is 3.17. The highest BCUT2D eigenvalue weighted by atomic mass is 32.2. The molecule has 3 nitrogen and oxygen atoms in total. The molecule has 0 amide bonds. The zero-order valence-electron chi connectivity index (χ0n) is 8.59. The SMILES string of the molecule is C1CSC(NCCC2CCNCC2)=N1. The van der Waals surface area contributed by atoms with Gasteiger partial charge in [-0.15, -0.1) is 0 Å². The summed E-state index contributed by atoms with van der Waals surface area (Å²) >= 11 is 1.86. The first kappa shape index (κ1) is 10.3. The number of nitrogens with zero attached hydrogens (tertiary/aromatic N) is 1. The molecule has 0 aromatic rings. The van der Waals surface area contributed by atoms with Gasteiger partial charge in [-0.1, -0.05) is 11.8 Å². The van der Waals surface area contributed by atoms with Crippen LogP contribution in [0.25, 0.3) is 0 Å². The first-order valence-electron chi connectivity index (χ1n) is 5.57. The van der Waals surface area contributed by atoms with Gasteiger partial charge in [0.2, 0.25) is 0 Å². The van der Waals surface area contributed by atoms with E-state index in [1.54, 1.807) is 0 Å². The van der Waals surface area contributed by atoms with Gasteiger partial charge in [-0.2, -0.15) is 0 Å². The normalized spacial score (nSPS) is 23.6. The number of rotatable bonds is 3. The highest BCUT2D eigenvalue weighted by Crippen LogP contribution is 2.15. The minimum absolute atomic E-state index is 0.927. The maximum Gasteiger partial charge on any atom is 0.156 e. The van der Waals surface area contributed by atoms with Crippen LogP contribution in [0.4, 0.5) is 0 Å². The van der Waals surface area contributed by atoms with Crippen molar-refractivity contribution >= 4 is 16.9 Å². The summed E-state index contributed by atoms with van der Waals surface area (Å²) in [5.74, 6) is 2.09. The molecule has 0 unspecified atom stereocenters. The molecular weight excluding hydrogens is 194 g/mol. The number of aliphatic imine (C=N–C) groups is 1. The number of hydrogen-bond acceptors (Lipinski definition) is 4. The van der Waals surface area contributed by atoms with Gasteiger partial charge in [0.1, 0.15) is 0 Å². The molecule has 0 bridgehead atoms. The second-order valence-corrected chi connectivity index (χ2v) is 5.03. The molecule has 0 radical (unpaired) electrons. The predicted octanol–water partition coefficient (Wildman–Crippen LogP) is 1.07. The van der Waals surface area contributed by atoms with E-state index >= 15 is 0 Å². The van der Waals surface area contributed by atoms with E-state index in [2.05, 4.69) is 15.6 Å². The molecule has 0 aromatic heterocycles. The lowest BCUT2D eigenvalue weighted by Crippen LogP contribution is -2.30. The molecular formula is C10H19N3S. The van der Waals surface area contributed by atoms with Crippen LogP contribution in [0.15, 0.2) is 4.99 Å². The van der Waals surface area contributed by atoms with Gasteiger partial charge in [0.05, 0.1) is 6.54 Å². The maximum atomic E-state index is 4.37. The Labute approximate surface area is 90.1 Å². The molecule has 0 spiro atoms. The highest BCUT2D eigenvalue weighted by Gasteiger charge is 2.13. The topological polar surface area (TPSA) is 36.4 Å². The molecule has 1 saturated heterocycles. The molecule has 2 rings (SSSR count). The van der Waals surface area contributed by atoms with E-state index in [1.807, 2.05) is 11.8 Å². The van der Waals surface area contributed by atoms with Gasteiger partial charge in [0.25, 0.3) is 0 Å². The lowest BCUT2D eigenvalue weighted by atomic mass is 9.95. The van der Waals surface area contributed by atoms with Gasteiger partial charge < -0.3 is 10.6 Å². The second kappa shape index (κ2) is 5.61. The molecule has 0 saturated carbocycles. The van der Waals surface area contributed by atoms with Crippen molar-refractivity contribution in [3.63, 3.8) is 0 Å². The number of hydrogen-bond donors (Lipinski definition) is 2. The zero-order chi connectivity index (χ0) is 9.64. The molecule has 80 valence electrons. The molecule has 4 heteroatoms. The number of thioether (sulfide) groups is 1. The van der Waals surface area contributed by atoms with Crippen LogP contribution < -0.4 is 10.6 Å². The Kier molecular flexibility index (Phi) is 4.13. The Morgan fingerprint density at radius 1 is 1.43 bits per heavy atom. The molecule has 2 heterocycles. The van der Waals surface area contributed by atoms with E-state index in [9.17, 15) is 0 Å². The van der Waals surface area contributed by atoms with Crippen LogP contribution in [0.3, 0.4) is 0 Å². The maximum absolute atomic E-state index is 4.37. The van der Waals surface area contributed by atoms with Gasteiger partial charge in [-0.25, -0.2) is 0 Å². The van der Waals surface area contributed by atoms with Crippen LogP contribution >= 0.6 is 11.8 Å². The summed E-state index contributed by atoms with van der Waals surface area (Å²) in [4.78, 5) is 4.37. The lowest BCUT2D eigenvalue weighted by Gasteiger charge is -2.22. The van der Waals surface area contributed by atoms with E-state index in [1.165, 1.54) is 37.5 Å². The van der Waals surface area contributed by atoms with E-state index in [-0.39, 0.29) is 0 Å². The van der Waals surface area contributed by atoms with Crippen molar-refractivity contribution in [3.8, 4) is 0 Å². The van der Waals surface area contributed by atoms with E-state index in [0.717, 1.165) is 24.8 Å². The predicted molar refractivity (Wildman–Crippen MR) is 63.0 cm³/mol. The quantitative estimate of drug-likeness (QED) is 0.736. The molecule has 0 atom stereocenters. The second-order valence-electron chi connectivity index (χ2n) is 3.94. The number of piperidine rings is 1. The standard InChI is InChI=1S/C10H19N3S/c1-4-11-5-2-9(1)3-6-12-10-13-7-8-14-10/h9,11H,1-8H2,(H,12,13). The Bertz CT molecular complexity index is 200. The summed E-state index contributed by atoms with van der Waals surface area (Å²) in [6.45, 7) is 4.53. The summed E-state index contributed by atoms with van der Waals surface area (Å²) in [5, 5.41) is 7.99. The third-order valence-electron chi connectivity index (χ3n) is 2.87. The van der Waals surface area contributed by atoms with Crippen molar-refractivity contribution in [2.45, 2.75) is 19.3 Å². The molecule has 2 aliphatic heterocycles. The van der Waals surface area contributed by atoms with Crippen LogP contribution in [0.2, 0.25) is 0 Å². The average Bonchev–Trinajstić information content (AvgIpc) is 2.72. The summed E-state index contributed by atoms with van der Waals surface area (Å²) in [5.41, 5.74) is 0. The van der Waals surface area contributed by atoms with Crippen LogP contribution in [-0.2, 0) is 0 Å². The minimum Gasteiger partial charge on any atom is -0.365 e. The Hall–Kier alpha value is -0.220. The third-order valence-corrected chi connectivity index (χ3v) is 3.81. The molecule has 1 fully saturated rings. The van der Waals surface area contributed by atoms with E-state index in [4.69, 9.17) is 0 Å². The molecule has 2 aliphatic rings.